The lowest BCUT2D eigenvalue weighted by molar-refractivity contribution is -0.207. The third kappa shape index (κ3) is 6.98. The zero-order valence-electron chi connectivity index (χ0n) is 15.8. The molecule has 0 bridgehead atoms. The van der Waals surface area contributed by atoms with Crippen LogP contribution in [0.4, 0.5) is 4.39 Å². The molecular weight excluding hydrogens is 319 g/mol. The van der Waals surface area contributed by atoms with E-state index < -0.39 is 12.2 Å². The number of unbranched alkanes of at least 4 members (excludes halogenated alkanes) is 6. The van der Waals surface area contributed by atoms with Crippen LogP contribution in [0.5, 0.6) is 0 Å². The third-order valence-corrected chi connectivity index (χ3v) is 4.76. The van der Waals surface area contributed by atoms with E-state index in [2.05, 4.69) is 23.8 Å². The number of halogens is 1. The topological polar surface area (TPSA) is 44.2 Å². The minimum Gasteiger partial charge on any atom is -0.348 e. The van der Waals surface area contributed by atoms with Gasteiger partial charge in [-0.1, -0.05) is 58.8 Å². The monoisotopic (exact) mass is 352 g/mol. The summed E-state index contributed by atoms with van der Waals surface area (Å²) in [7, 11) is 0. The van der Waals surface area contributed by atoms with Gasteiger partial charge in [-0.2, -0.15) is 4.39 Å². The molecule has 0 saturated carbocycles. The highest BCUT2D eigenvalue weighted by molar-refractivity contribution is 5.10. The Morgan fingerprint density at radius 2 is 1.68 bits per heavy atom. The van der Waals surface area contributed by atoms with Crippen LogP contribution in [0.3, 0.4) is 0 Å². The molecule has 1 aliphatic rings. The molecule has 2 rings (SSSR count). The van der Waals surface area contributed by atoms with Crippen molar-refractivity contribution >= 4 is 0 Å². The van der Waals surface area contributed by atoms with Crippen molar-refractivity contribution in [3.05, 3.63) is 23.5 Å². The van der Waals surface area contributed by atoms with Crippen LogP contribution in [0.25, 0.3) is 0 Å². The smallest absolute Gasteiger partial charge is 0.224 e. The van der Waals surface area contributed by atoms with E-state index in [1.807, 2.05) is 0 Å². The predicted octanol–water partition coefficient (Wildman–Crippen LogP) is 5.37. The Balaban J connectivity index is 1.77. The molecule has 1 aliphatic heterocycles. The average Bonchev–Trinajstić information content (AvgIpc) is 2.63. The van der Waals surface area contributed by atoms with Gasteiger partial charge in [0.25, 0.3) is 0 Å². The summed E-state index contributed by atoms with van der Waals surface area (Å²) < 4.78 is 25.7. The zero-order valence-corrected chi connectivity index (χ0v) is 15.8. The summed E-state index contributed by atoms with van der Waals surface area (Å²) in [6.45, 7) is 5.63. The van der Waals surface area contributed by atoms with Crippen molar-refractivity contribution in [1.82, 2.24) is 9.97 Å². The molecule has 1 aromatic heterocycles. The maximum absolute atomic E-state index is 14.3. The first kappa shape index (κ1) is 20.2. The van der Waals surface area contributed by atoms with Gasteiger partial charge in [0.05, 0.1) is 18.8 Å². The summed E-state index contributed by atoms with van der Waals surface area (Å²) in [5, 5.41) is 0. The lowest BCUT2D eigenvalue weighted by atomic mass is 10.0. The van der Waals surface area contributed by atoms with Crippen LogP contribution >= 0.6 is 0 Å². The SMILES string of the molecule is CCCCCCCc1ncc(C2OCC(CCCCC)CO2)c(F)n1. The van der Waals surface area contributed by atoms with Gasteiger partial charge in [-0.25, -0.2) is 9.97 Å². The van der Waals surface area contributed by atoms with E-state index in [0.717, 1.165) is 25.7 Å². The molecule has 0 atom stereocenters. The lowest BCUT2D eigenvalue weighted by Crippen LogP contribution is -2.28. The van der Waals surface area contributed by atoms with E-state index in [0.29, 0.717) is 30.5 Å². The summed E-state index contributed by atoms with van der Waals surface area (Å²) in [5.74, 6) is 0.480. The van der Waals surface area contributed by atoms with Crippen molar-refractivity contribution in [2.45, 2.75) is 84.3 Å². The second-order valence-electron chi connectivity index (χ2n) is 7.06. The Morgan fingerprint density at radius 3 is 2.36 bits per heavy atom. The van der Waals surface area contributed by atoms with Crippen molar-refractivity contribution in [2.75, 3.05) is 13.2 Å². The van der Waals surface area contributed by atoms with E-state index >= 15 is 0 Å². The van der Waals surface area contributed by atoms with E-state index in [9.17, 15) is 4.39 Å². The molecule has 1 saturated heterocycles. The molecule has 0 unspecified atom stereocenters. The molecule has 0 spiro atoms. The minimum atomic E-state index is -0.666. The first-order chi connectivity index (χ1) is 12.2. The average molecular weight is 352 g/mol. The molecule has 1 fully saturated rings. The van der Waals surface area contributed by atoms with Crippen LogP contribution in [0.15, 0.2) is 6.20 Å². The largest absolute Gasteiger partial charge is 0.348 e. The van der Waals surface area contributed by atoms with Gasteiger partial charge in [-0.05, 0) is 12.8 Å². The first-order valence-corrected chi connectivity index (χ1v) is 9.99. The molecule has 2 heterocycles. The lowest BCUT2D eigenvalue weighted by Gasteiger charge is -2.29. The van der Waals surface area contributed by atoms with Gasteiger partial charge < -0.3 is 9.47 Å². The summed E-state index contributed by atoms with van der Waals surface area (Å²) >= 11 is 0. The molecular formula is C20H33FN2O2. The predicted molar refractivity (Wildman–Crippen MR) is 96.7 cm³/mol. The van der Waals surface area contributed by atoms with Crippen molar-refractivity contribution in [3.8, 4) is 0 Å². The van der Waals surface area contributed by atoms with Gasteiger partial charge in [-0.3, -0.25) is 0 Å². The van der Waals surface area contributed by atoms with Gasteiger partial charge in [0.2, 0.25) is 5.95 Å². The fourth-order valence-corrected chi connectivity index (χ4v) is 3.14. The number of aryl methyl sites for hydroxylation is 1. The van der Waals surface area contributed by atoms with E-state index in [1.54, 1.807) is 0 Å². The first-order valence-electron chi connectivity index (χ1n) is 9.99. The Bertz CT molecular complexity index is 491. The Labute approximate surface area is 151 Å². The van der Waals surface area contributed by atoms with E-state index in [4.69, 9.17) is 9.47 Å². The van der Waals surface area contributed by atoms with Crippen LogP contribution in [0, 0.1) is 11.9 Å². The highest BCUT2D eigenvalue weighted by Gasteiger charge is 2.26. The van der Waals surface area contributed by atoms with Gasteiger partial charge >= 0.3 is 0 Å². The second-order valence-corrected chi connectivity index (χ2v) is 7.06. The van der Waals surface area contributed by atoms with Crippen molar-refractivity contribution in [3.63, 3.8) is 0 Å². The van der Waals surface area contributed by atoms with Crippen LogP contribution in [0.1, 0.15) is 89.3 Å². The fourth-order valence-electron chi connectivity index (χ4n) is 3.14. The normalized spacial score (nSPS) is 20.8. The van der Waals surface area contributed by atoms with Gasteiger partial charge in [0.1, 0.15) is 5.82 Å². The quantitative estimate of drug-likeness (QED) is 0.397. The zero-order chi connectivity index (χ0) is 17.9. The maximum atomic E-state index is 14.3. The number of hydrogen-bond donors (Lipinski definition) is 0. The van der Waals surface area contributed by atoms with Crippen LogP contribution in [0.2, 0.25) is 0 Å². The Kier molecular flexibility index (Phi) is 9.33. The molecule has 25 heavy (non-hydrogen) atoms. The number of rotatable bonds is 11. The van der Waals surface area contributed by atoms with Crippen molar-refractivity contribution in [1.29, 1.82) is 0 Å². The van der Waals surface area contributed by atoms with Crippen molar-refractivity contribution < 1.29 is 13.9 Å². The Morgan fingerprint density at radius 1 is 1.00 bits per heavy atom. The molecule has 142 valence electrons. The highest BCUT2D eigenvalue weighted by atomic mass is 19.1. The van der Waals surface area contributed by atoms with Gasteiger partial charge in [0, 0.05) is 18.5 Å². The summed E-state index contributed by atoms with van der Waals surface area (Å²) in [5.41, 5.74) is 0.321. The molecule has 0 aliphatic carbocycles. The molecule has 4 nitrogen and oxygen atoms in total. The molecule has 1 aromatic rings. The summed E-state index contributed by atoms with van der Waals surface area (Å²) in [4.78, 5) is 8.31. The highest BCUT2D eigenvalue weighted by Crippen LogP contribution is 2.28. The number of nitrogens with zero attached hydrogens (tertiary/aromatic N) is 2. The molecule has 0 amide bonds. The second kappa shape index (κ2) is 11.5. The number of aromatic nitrogens is 2. The molecule has 5 heteroatoms. The van der Waals surface area contributed by atoms with Crippen molar-refractivity contribution in [2.24, 2.45) is 5.92 Å². The Hall–Kier alpha value is -1.07. The fraction of sp³-hybridized carbons (Fsp3) is 0.800. The molecule has 0 N–H and O–H groups in total. The van der Waals surface area contributed by atoms with E-state index in [1.165, 1.54) is 44.7 Å². The number of hydrogen-bond acceptors (Lipinski definition) is 4. The van der Waals surface area contributed by atoms with Crippen LogP contribution in [-0.4, -0.2) is 23.2 Å². The van der Waals surface area contributed by atoms with E-state index in [-0.39, 0.29) is 0 Å². The maximum Gasteiger partial charge on any atom is 0.224 e. The van der Waals surface area contributed by atoms with Crippen LogP contribution in [-0.2, 0) is 15.9 Å². The molecule has 0 aromatic carbocycles. The minimum absolute atomic E-state index is 0.321. The van der Waals surface area contributed by atoms with Gasteiger partial charge in [-0.15, -0.1) is 0 Å². The molecule has 0 radical (unpaired) electrons. The summed E-state index contributed by atoms with van der Waals surface area (Å²) in [6, 6.07) is 0. The summed E-state index contributed by atoms with van der Waals surface area (Å²) in [6.07, 6.45) is 12.2. The van der Waals surface area contributed by atoms with Crippen LogP contribution < -0.4 is 0 Å². The van der Waals surface area contributed by atoms with Gasteiger partial charge in [0.15, 0.2) is 6.29 Å². The number of ether oxygens (including phenoxy) is 2. The standard InChI is InChI=1S/C20H33FN2O2/c1-3-5-7-8-10-12-18-22-13-17(19(21)23-18)20-24-14-16(15-25-20)11-9-6-4-2/h13,16,20H,3-12,14-15H2,1-2H3. The third-order valence-electron chi connectivity index (χ3n) is 4.76.